The third-order valence-corrected chi connectivity index (χ3v) is 5.62. The van der Waals surface area contributed by atoms with Gasteiger partial charge in [-0.15, -0.1) is 24.0 Å². The summed E-state index contributed by atoms with van der Waals surface area (Å²) in [6.07, 6.45) is 5.74. The second kappa shape index (κ2) is 11.2. The lowest BCUT2D eigenvalue weighted by Gasteiger charge is -2.26. The molecule has 3 aromatic rings. The van der Waals surface area contributed by atoms with Gasteiger partial charge < -0.3 is 20.5 Å². The van der Waals surface area contributed by atoms with Crippen LogP contribution < -0.4 is 15.5 Å². The van der Waals surface area contributed by atoms with Crippen molar-refractivity contribution in [3.05, 3.63) is 65.9 Å². The van der Waals surface area contributed by atoms with Crippen LogP contribution in [0.5, 0.6) is 0 Å². The standard InChI is InChI=1S/C24H29N5O.HI/c1-25-24(26-14-13-19-17-27-22-7-3-2-6-21(19)22)28-16-18-9-11-20(12-10-18)29-15-5-4-8-23(29)30;/h2-3,6-7,9-12,17,27H,4-5,8,13-16H2,1H3,(H2,25,26,28);1H. The number of benzene rings is 2. The number of amides is 1. The van der Waals surface area contributed by atoms with Gasteiger partial charge in [0.05, 0.1) is 0 Å². The zero-order valence-corrected chi connectivity index (χ0v) is 20.2. The van der Waals surface area contributed by atoms with Gasteiger partial charge in [0.1, 0.15) is 0 Å². The monoisotopic (exact) mass is 531 g/mol. The third kappa shape index (κ3) is 5.78. The molecule has 1 aliphatic heterocycles. The highest BCUT2D eigenvalue weighted by Crippen LogP contribution is 2.21. The second-order valence-electron chi connectivity index (χ2n) is 7.63. The Morgan fingerprint density at radius 1 is 1.10 bits per heavy atom. The summed E-state index contributed by atoms with van der Waals surface area (Å²) in [5.41, 5.74) is 4.62. The minimum Gasteiger partial charge on any atom is -0.361 e. The Labute approximate surface area is 200 Å². The van der Waals surface area contributed by atoms with Crippen LogP contribution in [0.4, 0.5) is 5.69 Å². The summed E-state index contributed by atoms with van der Waals surface area (Å²) < 4.78 is 0. The van der Waals surface area contributed by atoms with Crippen LogP contribution in [0.15, 0.2) is 59.7 Å². The summed E-state index contributed by atoms with van der Waals surface area (Å²) in [5.74, 6) is 1.01. The highest BCUT2D eigenvalue weighted by molar-refractivity contribution is 14.0. The average Bonchev–Trinajstić information content (AvgIpc) is 3.20. The number of aromatic nitrogens is 1. The molecule has 0 aliphatic carbocycles. The zero-order valence-electron chi connectivity index (χ0n) is 17.9. The predicted molar refractivity (Wildman–Crippen MR) is 138 cm³/mol. The molecule has 0 saturated carbocycles. The Morgan fingerprint density at radius 3 is 2.68 bits per heavy atom. The number of fused-ring (bicyclic) bond motifs is 1. The van der Waals surface area contributed by atoms with Gasteiger partial charge in [-0.3, -0.25) is 9.79 Å². The smallest absolute Gasteiger partial charge is 0.226 e. The van der Waals surface area contributed by atoms with Crippen molar-refractivity contribution in [3.8, 4) is 0 Å². The Kier molecular flexibility index (Phi) is 8.34. The van der Waals surface area contributed by atoms with Gasteiger partial charge in [-0.1, -0.05) is 30.3 Å². The van der Waals surface area contributed by atoms with Crippen molar-refractivity contribution in [2.24, 2.45) is 4.99 Å². The fourth-order valence-corrected chi connectivity index (χ4v) is 3.93. The molecule has 4 rings (SSSR count). The summed E-state index contributed by atoms with van der Waals surface area (Å²) in [6, 6.07) is 16.6. The molecule has 2 heterocycles. The lowest BCUT2D eigenvalue weighted by atomic mass is 10.1. The van der Waals surface area contributed by atoms with E-state index in [2.05, 4.69) is 57.1 Å². The summed E-state index contributed by atoms with van der Waals surface area (Å²) >= 11 is 0. The van der Waals surface area contributed by atoms with Gasteiger partial charge in [-0.05, 0) is 48.6 Å². The average molecular weight is 531 g/mol. The van der Waals surface area contributed by atoms with E-state index in [0.29, 0.717) is 13.0 Å². The van der Waals surface area contributed by atoms with Crippen LogP contribution in [0.1, 0.15) is 30.4 Å². The Morgan fingerprint density at radius 2 is 1.90 bits per heavy atom. The number of rotatable bonds is 6. The van der Waals surface area contributed by atoms with E-state index < -0.39 is 0 Å². The number of hydrogen-bond donors (Lipinski definition) is 3. The molecule has 0 spiro atoms. The SMILES string of the molecule is CN=C(NCCc1c[nH]c2ccccc12)NCc1ccc(N2CCCCC2=O)cc1.I. The fourth-order valence-electron chi connectivity index (χ4n) is 3.93. The predicted octanol–water partition coefficient (Wildman–Crippen LogP) is 4.21. The number of nitrogens with zero attached hydrogens (tertiary/aromatic N) is 2. The second-order valence-corrected chi connectivity index (χ2v) is 7.63. The van der Waals surface area contributed by atoms with Crippen molar-refractivity contribution in [2.75, 3.05) is 25.0 Å². The highest BCUT2D eigenvalue weighted by atomic mass is 127. The van der Waals surface area contributed by atoms with E-state index in [1.807, 2.05) is 23.1 Å². The number of para-hydroxylation sites is 1. The minimum atomic E-state index is 0. The molecule has 1 fully saturated rings. The van der Waals surface area contributed by atoms with Crippen LogP contribution >= 0.6 is 24.0 Å². The maximum Gasteiger partial charge on any atom is 0.226 e. The number of piperidine rings is 1. The van der Waals surface area contributed by atoms with E-state index in [4.69, 9.17) is 0 Å². The molecule has 0 unspecified atom stereocenters. The maximum absolute atomic E-state index is 12.1. The molecule has 0 atom stereocenters. The largest absolute Gasteiger partial charge is 0.361 e. The van der Waals surface area contributed by atoms with Gasteiger partial charge in [-0.2, -0.15) is 0 Å². The molecule has 6 nitrogen and oxygen atoms in total. The van der Waals surface area contributed by atoms with Gasteiger partial charge in [0.25, 0.3) is 0 Å². The fraction of sp³-hybridized carbons (Fsp3) is 0.333. The van der Waals surface area contributed by atoms with Crippen LogP contribution in [0.2, 0.25) is 0 Å². The molecule has 1 aliphatic rings. The van der Waals surface area contributed by atoms with E-state index in [9.17, 15) is 4.79 Å². The van der Waals surface area contributed by atoms with E-state index in [1.165, 1.54) is 16.5 Å². The molecule has 1 amide bonds. The molecule has 7 heteroatoms. The molecule has 1 aromatic heterocycles. The minimum absolute atomic E-state index is 0. The van der Waals surface area contributed by atoms with Crippen molar-refractivity contribution in [1.29, 1.82) is 0 Å². The summed E-state index contributed by atoms with van der Waals surface area (Å²) in [4.78, 5) is 21.6. The number of aromatic amines is 1. The highest BCUT2D eigenvalue weighted by Gasteiger charge is 2.19. The summed E-state index contributed by atoms with van der Waals surface area (Å²) in [6.45, 7) is 2.31. The first kappa shape index (κ1) is 23.1. The Bertz CT molecular complexity index is 1030. The molecular formula is C24H30IN5O. The van der Waals surface area contributed by atoms with Crippen molar-refractivity contribution in [2.45, 2.75) is 32.2 Å². The van der Waals surface area contributed by atoms with Crippen LogP contribution in [0.25, 0.3) is 10.9 Å². The van der Waals surface area contributed by atoms with Gasteiger partial charge in [0.15, 0.2) is 5.96 Å². The topological polar surface area (TPSA) is 72.5 Å². The van der Waals surface area contributed by atoms with E-state index in [1.54, 1.807) is 7.05 Å². The van der Waals surface area contributed by atoms with Gasteiger partial charge >= 0.3 is 0 Å². The Hall–Kier alpha value is -2.55. The van der Waals surface area contributed by atoms with Crippen LogP contribution in [-0.2, 0) is 17.8 Å². The zero-order chi connectivity index (χ0) is 20.8. The van der Waals surface area contributed by atoms with E-state index in [0.717, 1.165) is 49.6 Å². The lowest BCUT2D eigenvalue weighted by Crippen LogP contribution is -2.38. The number of carbonyl (C=O) groups excluding carboxylic acids is 1. The van der Waals surface area contributed by atoms with E-state index in [-0.39, 0.29) is 29.9 Å². The normalized spacial score (nSPS) is 14.4. The van der Waals surface area contributed by atoms with Crippen molar-refractivity contribution < 1.29 is 4.79 Å². The number of guanidine groups is 1. The van der Waals surface area contributed by atoms with E-state index >= 15 is 0 Å². The molecule has 1 saturated heterocycles. The third-order valence-electron chi connectivity index (χ3n) is 5.62. The summed E-state index contributed by atoms with van der Waals surface area (Å²) in [7, 11) is 1.78. The number of H-pyrrole nitrogens is 1. The van der Waals surface area contributed by atoms with Crippen LogP contribution in [0.3, 0.4) is 0 Å². The van der Waals surface area contributed by atoms with Gasteiger partial charge in [-0.25, -0.2) is 0 Å². The van der Waals surface area contributed by atoms with Crippen molar-refractivity contribution >= 4 is 52.4 Å². The maximum atomic E-state index is 12.1. The van der Waals surface area contributed by atoms with Crippen molar-refractivity contribution in [1.82, 2.24) is 15.6 Å². The van der Waals surface area contributed by atoms with Gasteiger partial charge in [0.2, 0.25) is 5.91 Å². The lowest BCUT2D eigenvalue weighted by molar-refractivity contribution is -0.119. The molecule has 0 radical (unpaired) electrons. The van der Waals surface area contributed by atoms with Crippen LogP contribution in [0, 0.1) is 0 Å². The quantitative estimate of drug-likeness (QED) is 0.254. The number of nitrogens with one attached hydrogen (secondary N) is 3. The number of halogens is 1. The van der Waals surface area contributed by atoms with Crippen molar-refractivity contribution in [3.63, 3.8) is 0 Å². The molecular weight excluding hydrogens is 501 g/mol. The number of aliphatic imine (C=N–C) groups is 1. The Balaban J connectivity index is 0.00000272. The number of anilines is 1. The summed E-state index contributed by atoms with van der Waals surface area (Å²) in [5, 5.41) is 8.02. The van der Waals surface area contributed by atoms with Crippen LogP contribution in [-0.4, -0.2) is 37.0 Å². The first-order chi connectivity index (χ1) is 14.7. The van der Waals surface area contributed by atoms with Gasteiger partial charge in [0, 0.05) is 55.9 Å². The molecule has 2 aromatic carbocycles. The molecule has 3 N–H and O–H groups in total. The first-order valence-corrected chi connectivity index (χ1v) is 10.6. The molecule has 0 bridgehead atoms. The number of hydrogen-bond acceptors (Lipinski definition) is 2. The number of carbonyl (C=O) groups is 1. The first-order valence-electron chi connectivity index (χ1n) is 10.6. The molecule has 31 heavy (non-hydrogen) atoms. The molecule has 164 valence electrons.